The first-order chi connectivity index (χ1) is 13.4. The molecule has 0 bridgehead atoms. The van der Waals surface area contributed by atoms with Crippen molar-refractivity contribution in [2.24, 2.45) is 10.9 Å². The molecule has 0 aliphatic carbocycles. The zero-order valence-corrected chi connectivity index (χ0v) is 16.7. The normalized spacial score (nSPS) is 19.2. The molecule has 7 heteroatoms. The van der Waals surface area contributed by atoms with Gasteiger partial charge in [0.05, 0.1) is 25.7 Å². The molecule has 0 fully saturated rings. The van der Waals surface area contributed by atoms with E-state index in [0.29, 0.717) is 28.0 Å². The maximum absolute atomic E-state index is 12.5. The SMILES string of the molecule is COC(=O)C1=C(C)N=C(C)C(C(=O)OC)C1c1ccc(-c2cccc(Cl)c2)o1. The second kappa shape index (κ2) is 8.02. The highest BCUT2D eigenvalue weighted by Gasteiger charge is 2.43. The number of ether oxygens (including phenoxy) is 2. The molecular formula is C21H20ClNO5. The molecule has 1 aliphatic rings. The average molecular weight is 402 g/mol. The van der Waals surface area contributed by atoms with Gasteiger partial charge in [0.15, 0.2) is 0 Å². The number of carbonyl (C=O) groups is 2. The molecule has 0 N–H and O–H groups in total. The maximum Gasteiger partial charge on any atom is 0.336 e. The van der Waals surface area contributed by atoms with Crippen molar-refractivity contribution in [2.45, 2.75) is 19.8 Å². The van der Waals surface area contributed by atoms with Gasteiger partial charge >= 0.3 is 11.9 Å². The van der Waals surface area contributed by atoms with E-state index in [9.17, 15) is 9.59 Å². The van der Waals surface area contributed by atoms with E-state index in [1.807, 2.05) is 12.1 Å². The van der Waals surface area contributed by atoms with Crippen LogP contribution in [0.25, 0.3) is 11.3 Å². The summed E-state index contributed by atoms with van der Waals surface area (Å²) in [5.74, 6) is -1.54. The van der Waals surface area contributed by atoms with E-state index >= 15 is 0 Å². The van der Waals surface area contributed by atoms with Gasteiger partial charge in [0.25, 0.3) is 0 Å². The summed E-state index contributed by atoms with van der Waals surface area (Å²) >= 11 is 6.07. The Balaban J connectivity index is 2.13. The first kappa shape index (κ1) is 19.9. The molecule has 146 valence electrons. The fourth-order valence-electron chi connectivity index (χ4n) is 3.47. The highest BCUT2D eigenvalue weighted by atomic mass is 35.5. The largest absolute Gasteiger partial charge is 0.468 e. The first-order valence-electron chi connectivity index (χ1n) is 8.65. The van der Waals surface area contributed by atoms with Crippen molar-refractivity contribution in [1.29, 1.82) is 0 Å². The smallest absolute Gasteiger partial charge is 0.336 e. The molecule has 2 unspecified atom stereocenters. The number of rotatable bonds is 4. The molecule has 6 nitrogen and oxygen atoms in total. The molecule has 0 saturated heterocycles. The standard InChI is InChI=1S/C21H20ClNO5/c1-11-17(20(24)26-3)19(18(12(2)23-11)21(25)27-4)16-9-8-15(28-16)13-6-5-7-14(22)10-13/h5-10,17,19H,1-4H3. The van der Waals surface area contributed by atoms with E-state index in [-0.39, 0.29) is 5.57 Å². The molecule has 0 amide bonds. The summed E-state index contributed by atoms with van der Waals surface area (Å²) < 4.78 is 15.9. The molecule has 1 aromatic carbocycles. The third-order valence-electron chi connectivity index (χ3n) is 4.73. The van der Waals surface area contributed by atoms with Gasteiger partial charge in [0.1, 0.15) is 17.4 Å². The summed E-state index contributed by atoms with van der Waals surface area (Å²) in [5, 5.41) is 0.578. The molecule has 3 rings (SSSR count). The number of hydrogen-bond acceptors (Lipinski definition) is 6. The minimum Gasteiger partial charge on any atom is -0.468 e. The second-order valence-electron chi connectivity index (χ2n) is 6.43. The van der Waals surface area contributed by atoms with E-state index in [1.165, 1.54) is 14.2 Å². The lowest BCUT2D eigenvalue weighted by atomic mass is 9.78. The summed E-state index contributed by atoms with van der Waals surface area (Å²) in [7, 11) is 2.59. The van der Waals surface area contributed by atoms with Gasteiger partial charge < -0.3 is 13.9 Å². The highest BCUT2D eigenvalue weighted by molar-refractivity contribution is 6.30. The molecule has 2 aromatic rings. The van der Waals surface area contributed by atoms with Crippen LogP contribution >= 0.6 is 11.6 Å². The average Bonchev–Trinajstić information content (AvgIpc) is 3.16. The molecule has 0 spiro atoms. The molecule has 1 aliphatic heterocycles. The molecule has 28 heavy (non-hydrogen) atoms. The lowest BCUT2D eigenvalue weighted by Crippen LogP contribution is -2.35. The number of allylic oxidation sites excluding steroid dienone is 1. The predicted octanol–water partition coefficient (Wildman–Crippen LogP) is 4.39. The van der Waals surface area contributed by atoms with Crippen molar-refractivity contribution in [2.75, 3.05) is 14.2 Å². The van der Waals surface area contributed by atoms with Crippen LogP contribution in [0.5, 0.6) is 0 Å². The molecular weight excluding hydrogens is 382 g/mol. The minimum absolute atomic E-state index is 0.274. The van der Waals surface area contributed by atoms with Crippen LogP contribution in [-0.4, -0.2) is 31.9 Å². The van der Waals surface area contributed by atoms with Crippen LogP contribution in [0.15, 0.2) is 57.1 Å². The summed E-state index contributed by atoms with van der Waals surface area (Å²) in [4.78, 5) is 29.4. The van der Waals surface area contributed by atoms with Gasteiger partial charge in [-0.25, -0.2) is 4.79 Å². The van der Waals surface area contributed by atoms with Crippen LogP contribution in [0, 0.1) is 5.92 Å². The maximum atomic E-state index is 12.5. The number of halogens is 1. The van der Waals surface area contributed by atoms with E-state index in [0.717, 1.165) is 5.56 Å². The van der Waals surface area contributed by atoms with Crippen molar-refractivity contribution >= 4 is 29.3 Å². The number of furan rings is 1. The van der Waals surface area contributed by atoms with Gasteiger partial charge in [0, 0.05) is 22.0 Å². The third kappa shape index (κ3) is 3.60. The van der Waals surface area contributed by atoms with E-state index < -0.39 is 23.8 Å². The number of carbonyl (C=O) groups excluding carboxylic acids is 2. The van der Waals surface area contributed by atoms with Crippen molar-refractivity contribution in [1.82, 2.24) is 0 Å². The van der Waals surface area contributed by atoms with Crippen LogP contribution < -0.4 is 0 Å². The lowest BCUT2D eigenvalue weighted by Gasteiger charge is -2.29. The highest BCUT2D eigenvalue weighted by Crippen LogP contribution is 2.41. The second-order valence-corrected chi connectivity index (χ2v) is 6.87. The molecule has 0 radical (unpaired) electrons. The van der Waals surface area contributed by atoms with Gasteiger partial charge in [-0.3, -0.25) is 9.79 Å². The molecule has 2 atom stereocenters. The Bertz CT molecular complexity index is 988. The van der Waals surface area contributed by atoms with Crippen molar-refractivity contribution < 1.29 is 23.5 Å². The fraction of sp³-hybridized carbons (Fsp3) is 0.286. The van der Waals surface area contributed by atoms with Crippen LogP contribution in [0.4, 0.5) is 0 Å². The van der Waals surface area contributed by atoms with Crippen molar-refractivity contribution in [3.8, 4) is 11.3 Å². The number of hydrogen-bond donors (Lipinski definition) is 0. The summed E-state index contributed by atoms with van der Waals surface area (Å²) in [6.07, 6.45) is 0. The van der Waals surface area contributed by atoms with Crippen LogP contribution in [0.3, 0.4) is 0 Å². The monoisotopic (exact) mass is 401 g/mol. The predicted molar refractivity (Wildman–Crippen MR) is 105 cm³/mol. The summed E-state index contributed by atoms with van der Waals surface area (Å²) in [6, 6.07) is 10.7. The molecule has 0 saturated carbocycles. The van der Waals surface area contributed by atoms with Crippen molar-refractivity contribution in [3.63, 3.8) is 0 Å². The van der Waals surface area contributed by atoms with E-state index in [4.69, 9.17) is 25.5 Å². The zero-order chi connectivity index (χ0) is 20.4. The Morgan fingerprint density at radius 1 is 1.11 bits per heavy atom. The first-order valence-corrected chi connectivity index (χ1v) is 9.03. The number of benzene rings is 1. The minimum atomic E-state index is -0.791. The van der Waals surface area contributed by atoms with Gasteiger partial charge in [0.2, 0.25) is 0 Å². The Kier molecular flexibility index (Phi) is 5.70. The molecule has 2 heterocycles. The van der Waals surface area contributed by atoms with Gasteiger partial charge in [-0.05, 0) is 38.1 Å². The summed E-state index contributed by atoms with van der Waals surface area (Å²) in [6.45, 7) is 3.43. The van der Waals surface area contributed by atoms with E-state index in [2.05, 4.69) is 4.99 Å². The van der Waals surface area contributed by atoms with Gasteiger partial charge in [-0.2, -0.15) is 0 Å². The van der Waals surface area contributed by atoms with Crippen molar-refractivity contribution in [3.05, 3.63) is 58.5 Å². The van der Waals surface area contributed by atoms with Crippen LogP contribution in [0.2, 0.25) is 5.02 Å². The zero-order valence-electron chi connectivity index (χ0n) is 16.0. The van der Waals surface area contributed by atoms with E-state index in [1.54, 1.807) is 38.1 Å². The number of nitrogens with zero attached hydrogens (tertiary/aromatic N) is 1. The summed E-state index contributed by atoms with van der Waals surface area (Å²) in [5.41, 5.74) is 2.09. The quantitative estimate of drug-likeness (QED) is 0.710. The fourth-order valence-corrected chi connectivity index (χ4v) is 3.66. The molecule has 1 aromatic heterocycles. The topological polar surface area (TPSA) is 78.1 Å². The number of aliphatic imine (C=N–C) groups is 1. The Morgan fingerprint density at radius 3 is 2.50 bits per heavy atom. The van der Waals surface area contributed by atoms with Gasteiger partial charge in [-0.15, -0.1) is 0 Å². The Hall–Kier alpha value is -2.86. The lowest BCUT2D eigenvalue weighted by molar-refractivity contribution is -0.144. The number of methoxy groups -OCH3 is 2. The van der Waals surface area contributed by atoms with Crippen LogP contribution in [-0.2, 0) is 19.1 Å². The van der Waals surface area contributed by atoms with Gasteiger partial charge in [-0.1, -0.05) is 23.7 Å². The number of esters is 2. The Morgan fingerprint density at radius 2 is 1.86 bits per heavy atom. The Labute approximate surface area is 167 Å². The van der Waals surface area contributed by atoms with Crippen LogP contribution in [0.1, 0.15) is 25.5 Å². The third-order valence-corrected chi connectivity index (χ3v) is 4.97.